The molecule has 0 saturated heterocycles. The Morgan fingerprint density at radius 3 is 2.35 bits per heavy atom. The third-order valence-corrected chi connectivity index (χ3v) is 4.87. The first-order chi connectivity index (χ1) is 9.29. The number of hydrogen-bond donors (Lipinski definition) is 1. The second-order valence-corrected chi connectivity index (χ2v) is 6.96. The predicted octanol–water partition coefficient (Wildman–Crippen LogP) is 3.59. The Morgan fingerprint density at radius 1 is 1.10 bits per heavy atom. The highest BCUT2D eigenvalue weighted by Crippen LogP contribution is 2.33. The van der Waals surface area contributed by atoms with Gasteiger partial charge in [-0.3, -0.25) is 0 Å². The van der Waals surface area contributed by atoms with Crippen molar-refractivity contribution >= 4 is 32.6 Å². The molecule has 8 heteroatoms. The lowest BCUT2D eigenvalue weighted by molar-refractivity contribution is -0.139. The molecule has 0 aliphatic rings. The fraction of sp³-hybridized carbons (Fsp3) is 0.500. The summed E-state index contributed by atoms with van der Waals surface area (Å²) in [5, 5.41) is 0. The van der Waals surface area contributed by atoms with Crippen LogP contribution in [0.1, 0.15) is 24.8 Å². The van der Waals surface area contributed by atoms with Crippen LogP contribution >= 0.6 is 22.6 Å². The number of sulfonamides is 1. The van der Waals surface area contributed by atoms with E-state index in [-0.39, 0.29) is 6.54 Å². The minimum Gasteiger partial charge on any atom is -0.211 e. The highest BCUT2D eigenvalue weighted by Gasteiger charge is 2.36. The number of hydrogen-bond acceptors (Lipinski definition) is 2. The molecule has 0 amide bonds. The van der Waals surface area contributed by atoms with Crippen LogP contribution in [0.25, 0.3) is 0 Å². The first kappa shape index (κ1) is 17.7. The Kier molecular flexibility index (Phi) is 6.73. The topological polar surface area (TPSA) is 46.2 Å². The van der Waals surface area contributed by atoms with Gasteiger partial charge in [-0.15, -0.1) is 0 Å². The van der Waals surface area contributed by atoms with Gasteiger partial charge in [0.1, 0.15) is 0 Å². The second-order valence-electron chi connectivity index (χ2n) is 4.14. The Balaban J connectivity index is 2.83. The van der Waals surface area contributed by atoms with Crippen molar-refractivity contribution < 1.29 is 21.6 Å². The fourth-order valence-corrected chi connectivity index (χ4v) is 3.45. The Bertz CT molecular complexity index is 532. The van der Waals surface area contributed by atoms with Gasteiger partial charge in [-0.2, -0.15) is 13.2 Å². The van der Waals surface area contributed by atoms with Crippen molar-refractivity contribution in [3.8, 4) is 0 Å². The van der Waals surface area contributed by atoms with E-state index in [9.17, 15) is 21.6 Å². The zero-order valence-corrected chi connectivity index (χ0v) is 13.6. The Labute approximate surface area is 130 Å². The molecule has 0 radical (unpaired) electrons. The van der Waals surface area contributed by atoms with Crippen molar-refractivity contribution in [2.45, 2.75) is 30.3 Å². The standard InChI is InChI=1S/C12H15F3INO2S/c13-12(14,15)10-6-2-3-7-11(10)20(18,19)17-9-5-1-4-8-16/h2-3,6-7,17H,1,4-5,8-9H2. The molecule has 0 aliphatic heterocycles. The van der Waals surface area contributed by atoms with Gasteiger partial charge in [-0.25, -0.2) is 13.1 Å². The zero-order valence-electron chi connectivity index (χ0n) is 10.6. The number of rotatable bonds is 7. The van der Waals surface area contributed by atoms with Gasteiger partial charge in [0.2, 0.25) is 10.0 Å². The third kappa shape index (κ3) is 5.21. The maximum atomic E-state index is 12.8. The molecule has 114 valence electrons. The normalized spacial score (nSPS) is 12.6. The van der Waals surface area contributed by atoms with Crippen LogP contribution in [-0.2, 0) is 16.2 Å². The molecular weight excluding hydrogens is 406 g/mol. The summed E-state index contributed by atoms with van der Waals surface area (Å²) in [5.74, 6) is 0. The molecule has 0 atom stereocenters. The molecule has 0 aliphatic carbocycles. The van der Waals surface area contributed by atoms with Crippen molar-refractivity contribution in [3.63, 3.8) is 0 Å². The van der Waals surface area contributed by atoms with Crippen molar-refractivity contribution in [2.75, 3.05) is 11.0 Å². The number of nitrogens with one attached hydrogen (secondary N) is 1. The third-order valence-electron chi connectivity index (χ3n) is 2.58. The van der Waals surface area contributed by atoms with Gasteiger partial charge in [0.15, 0.2) is 0 Å². The van der Waals surface area contributed by atoms with Crippen molar-refractivity contribution in [1.82, 2.24) is 4.72 Å². The van der Waals surface area contributed by atoms with E-state index < -0.39 is 26.7 Å². The highest BCUT2D eigenvalue weighted by molar-refractivity contribution is 14.1. The molecule has 1 aromatic carbocycles. The minimum absolute atomic E-state index is 0.144. The molecule has 0 spiro atoms. The molecule has 3 nitrogen and oxygen atoms in total. The number of benzene rings is 1. The zero-order chi connectivity index (χ0) is 15.2. The van der Waals surface area contributed by atoms with E-state index in [0.29, 0.717) is 6.42 Å². The van der Waals surface area contributed by atoms with Crippen LogP contribution in [0.3, 0.4) is 0 Å². The van der Waals surface area contributed by atoms with E-state index in [1.165, 1.54) is 12.1 Å². The van der Waals surface area contributed by atoms with Crippen LogP contribution in [0.15, 0.2) is 29.2 Å². The van der Waals surface area contributed by atoms with Crippen LogP contribution in [0.4, 0.5) is 13.2 Å². The summed E-state index contributed by atoms with van der Waals surface area (Å²) in [7, 11) is -4.13. The van der Waals surface area contributed by atoms with Crippen molar-refractivity contribution in [1.29, 1.82) is 0 Å². The highest BCUT2D eigenvalue weighted by atomic mass is 127. The van der Waals surface area contributed by atoms with Gasteiger partial charge in [0.05, 0.1) is 10.5 Å². The molecule has 0 unspecified atom stereocenters. The van der Waals surface area contributed by atoms with Gasteiger partial charge in [-0.05, 0) is 29.4 Å². The van der Waals surface area contributed by atoms with Crippen molar-refractivity contribution in [2.24, 2.45) is 0 Å². The summed E-state index contributed by atoms with van der Waals surface area (Å²) in [4.78, 5) is -0.721. The molecule has 1 aromatic rings. The van der Waals surface area contributed by atoms with Crippen molar-refractivity contribution in [3.05, 3.63) is 29.8 Å². The lowest BCUT2D eigenvalue weighted by Gasteiger charge is -2.13. The van der Waals surface area contributed by atoms with Gasteiger partial charge in [0.25, 0.3) is 0 Å². The van der Waals surface area contributed by atoms with E-state index in [2.05, 4.69) is 27.3 Å². The van der Waals surface area contributed by atoms with Crippen LogP contribution in [0, 0.1) is 0 Å². The summed E-state index contributed by atoms with van der Waals surface area (Å²) in [5.41, 5.74) is -1.14. The monoisotopic (exact) mass is 421 g/mol. The Hall–Kier alpha value is -0.350. The maximum absolute atomic E-state index is 12.8. The summed E-state index contributed by atoms with van der Waals surface area (Å²) in [6.45, 7) is 0.144. The molecular formula is C12H15F3INO2S. The summed E-state index contributed by atoms with van der Waals surface area (Å²) in [6, 6.07) is 4.18. The van der Waals surface area contributed by atoms with Crippen LogP contribution < -0.4 is 4.72 Å². The Morgan fingerprint density at radius 2 is 1.75 bits per heavy atom. The smallest absolute Gasteiger partial charge is 0.211 e. The molecule has 0 fully saturated rings. The van der Waals surface area contributed by atoms with E-state index in [0.717, 1.165) is 29.4 Å². The number of halogens is 4. The van der Waals surface area contributed by atoms with Gasteiger partial charge in [0, 0.05) is 6.54 Å². The van der Waals surface area contributed by atoms with Crippen LogP contribution in [-0.4, -0.2) is 19.4 Å². The van der Waals surface area contributed by atoms with E-state index in [4.69, 9.17) is 0 Å². The van der Waals surface area contributed by atoms with E-state index in [1.807, 2.05) is 0 Å². The minimum atomic E-state index is -4.69. The summed E-state index contributed by atoms with van der Waals surface area (Å²) in [6.07, 6.45) is -2.28. The van der Waals surface area contributed by atoms with E-state index in [1.54, 1.807) is 0 Å². The average Bonchev–Trinajstić information content (AvgIpc) is 2.37. The molecule has 1 rings (SSSR count). The lowest BCUT2D eigenvalue weighted by atomic mass is 10.2. The average molecular weight is 421 g/mol. The van der Waals surface area contributed by atoms with Gasteiger partial charge in [-0.1, -0.05) is 41.1 Å². The SMILES string of the molecule is O=S(=O)(NCCCCCI)c1ccccc1C(F)(F)F. The summed E-state index contributed by atoms with van der Waals surface area (Å²) < 4.78 is 65.4. The van der Waals surface area contributed by atoms with E-state index >= 15 is 0 Å². The first-order valence-corrected chi connectivity index (χ1v) is 9.02. The quantitative estimate of drug-likeness (QED) is 0.416. The summed E-state index contributed by atoms with van der Waals surface area (Å²) >= 11 is 2.21. The predicted molar refractivity (Wildman–Crippen MR) is 79.4 cm³/mol. The number of alkyl halides is 4. The maximum Gasteiger partial charge on any atom is 0.417 e. The molecule has 20 heavy (non-hydrogen) atoms. The van der Waals surface area contributed by atoms with Crippen LogP contribution in [0.5, 0.6) is 0 Å². The largest absolute Gasteiger partial charge is 0.417 e. The molecule has 0 bridgehead atoms. The van der Waals surface area contributed by atoms with Crippen LogP contribution in [0.2, 0.25) is 0 Å². The first-order valence-electron chi connectivity index (χ1n) is 6.01. The lowest BCUT2D eigenvalue weighted by Crippen LogP contribution is -2.27. The fourth-order valence-electron chi connectivity index (χ4n) is 1.62. The molecule has 0 aromatic heterocycles. The number of unbranched alkanes of at least 4 members (excludes halogenated alkanes) is 2. The van der Waals surface area contributed by atoms with Gasteiger partial charge < -0.3 is 0 Å². The molecule has 0 saturated carbocycles. The van der Waals surface area contributed by atoms with Gasteiger partial charge >= 0.3 is 6.18 Å². The molecule has 0 heterocycles. The second kappa shape index (κ2) is 7.60. The molecule has 1 N–H and O–H groups in total.